The molecule has 0 aromatic heterocycles. The highest BCUT2D eigenvalue weighted by molar-refractivity contribution is 5.08. The van der Waals surface area contributed by atoms with Gasteiger partial charge in [0, 0.05) is 6.54 Å². The zero-order chi connectivity index (χ0) is 24.9. The molecule has 188 valence electrons. The fraction of sp³-hybridized carbons (Fsp3) is 0.625. The molecule has 0 radical (unpaired) electrons. The highest BCUT2D eigenvalue weighted by Crippen LogP contribution is 2.14. The van der Waals surface area contributed by atoms with Crippen LogP contribution in [0.1, 0.15) is 120 Å². The molecule has 0 saturated carbocycles. The first-order valence-electron chi connectivity index (χ1n) is 13.4. The molecule has 0 aliphatic heterocycles. The van der Waals surface area contributed by atoms with Gasteiger partial charge in [0.2, 0.25) is 0 Å². The predicted octanol–water partition coefficient (Wildman–Crippen LogP) is 10.2. The van der Waals surface area contributed by atoms with Gasteiger partial charge in [0.05, 0.1) is 0 Å². The van der Waals surface area contributed by atoms with Crippen molar-refractivity contribution < 1.29 is 0 Å². The second-order valence-electron chi connectivity index (χ2n) is 10.0. The van der Waals surface area contributed by atoms with Crippen molar-refractivity contribution in [1.82, 2.24) is 5.32 Å². The zero-order valence-corrected chi connectivity index (χ0v) is 23.4. The molecule has 0 amide bonds. The van der Waals surface area contributed by atoms with Crippen LogP contribution in [-0.2, 0) is 0 Å². The van der Waals surface area contributed by atoms with E-state index in [0.717, 1.165) is 19.5 Å². The fourth-order valence-electron chi connectivity index (χ4n) is 3.69. The minimum Gasteiger partial charge on any atom is -0.313 e. The minimum atomic E-state index is 1.02. The average molecular weight is 454 g/mol. The van der Waals surface area contributed by atoms with Crippen molar-refractivity contribution in [3.63, 3.8) is 0 Å². The van der Waals surface area contributed by atoms with Crippen LogP contribution in [-0.4, -0.2) is 13.1 Å². The van der Waals surface area contributed by atoms with Gasteiger partial charge < -0.3 is 5.32 Å². The number of allylic oxidation sites excluding steroid dienone is 11. The molecule has 0 aliphatic rings. The van der Waals surface area contributed by atoms with Gasteiger partial charge in [-0.3, -0.25) is 0 Å². The lowest BCUT2D eigenvalue weighted by Gasteiger charge is -2.04. The first kappa shape index (κ1) is 31.4. The fourth-order valence-corrected chi connectivity index (χ4v) is 3.69. The first-order valence-corrected chi connectivity index (χ1v) is 13.4. The van der Waals surface area contributed by atoms with Gasteiger partial charge >= 0.3 is 0 Å². The monoisotopic (exact) mass is 453 g/mol. The Bertz CT molecular complexity index is 690. The van der Waals surface area contributed by atoms with Crippen LogP contribution in [0.15, 0.2) is 69.9 Å². The lowest BCUT2D eigenvalue weighted by molar-refractivity contribution is 0.771. The summed E-state index contributed by atoms with van der Waals surface area (Å²) in [6.07, 6.45) is 26.2. The Hall–Kier alpha value is -1.60. The van der Waals surface area contributed by atoms with Crippen LogP contribution in [0.3, 0.4) is 0 Å². The maximum atomic E-state index is 3.38. The van der Waals surface area contributed by atoms with E-state index in [2.05, 4.69) is 97.2 Å². The molecule has 0 aliphatic carbocycles. The molecule has 0 aromatic carbocycles. The molecule has 0 saturated heterocycles. The van der Waals surface area contributed by atoms with Crippen molar-refractivity contribution in [2.45, 2.75) is 120 Å². The van der Waals surface area contributed by atoms with Crippen molar-refractivity contribution in [3.05, 3.63) is 69.9 Å². The van der Waals surface area contributed by atoms with Crippen molar-refractivity contribution >= 4 is 0 Å². The summed E-state index contributed by atoms with van der Waals surface area (Å²) >= 11 is 0. The van der Waals surface area contributed by atoms with E-state index in [1.54, 1.807) is 0 Å². The first-order chi connectivity index (χ1) is 15.7. The van der Waals surface area contributed by atoms with Crippen LogP contribution < -0.4 is 5.32 Å². The van der Waals surface area contributed by atoms with Crippen LogP contribution in [0, 0.1) is 0 Å². The molecule has 0 atom stereocenters. The van der Waals surface area contributed by atoms with Crippen LogP contribution in [0.25, 0.3) is 0 Å². The van der Waals surface area contributed by atoms with Gasteiger partial charge in [-0.2, -0.15) is 0 Å². The summed E-state index contributed by atoms with van der Waals surface area (Å²) in [4.78, 5) is 0. The van der Waals surface area contributed by atoms with Gasteiger partial charge in [-0.15, -0.1) is 0 Å². The molecular formula is C32H55N. The maximum Gasteiger partial charge on any atom is 0.0161 e. The summed E-state index contributed by atoms with van der Waals surface area (Å²) in [6, 6.07) is 0. The van der Waals surface area contributed by atoms with E-state index in [-0.39, 0.29) is 0 Å². The topological polar surface area (TPSA) is 12.0 Å². The molecule has 1 nitrogen and oxygen atoms in total. The highest BCUT2D eigenvalue weighted by atomic mass is 14.8. The van der Waals surface area contributed by atoms with Crippen LogP contribution in [0.4, 0.5) is 0 Å². The number of rotatable bonds is 18. The molecule has 0 rings (SSSR count). The van der Waals surface area contributed by atoms with E-state index >= 15 is 0 Å². The highest BCUT2D eigenvalue weighted by Gasteiger charge is 1.95. The summed E-state index contributed by atoms with van der Waals surface area (Å²) in [5, 5.41) is 3.38. The van der Waals surface area contributed by atoms with Crippen molar-refractivity contribution in [2.75, 3.05) is 13.1 Å². The Balaban J connectivity index is 4.07. The summed E-state index contributed by atoms with van der Waals surface area (Å²) < 4.78 is 0. The minimum absolute atomic E-state index is 1.02. The number of hydrogen-bond acceptors (Lipinski definition) is 1. The lowest BCUT2D eigenvalue weighted by atomic mass is 10.0. The largest absolute Gasteiger partial charge is 0.313 e. The SMILES string of the molecule is CCNCC(C)=CCCC(C)=CCCC(C)=CCCC=C(C)CCC=C(C)CCC=C(C)C. The number of unbranched alkanes of at least 4 members (excludes halogenated alkanes) is 1. The molecule has 0 spiro atoms. The van der Waals surface area contributed by atoms with Crippen LogP contribution >= 0.6 is 0 Å². The lowest BCUT2D eigenvalue weighted by Crippen LogP contribution is -2.14. The van der Waals surface area contributed by atoms with E-state index < -0.39 is 0 Å². The Morgan fingerprint density at radius 1 is 0.455 bits per heavy atom. The van der Waals surface area contributed by atoms with E-state index in [1.165, 1.54) is 91.2 Å². The van der Waals surface area contributed by atoms with Crippen molar-refractivity contribution in [2.24, 2.45) is 0 Å². The Kier molecular flexibility index (Phi) is 20.0. The molecular weight excluding hydrogens is 398 g/mol. The van der Waals surface area contributed by atoms with Gasteiger partial charge in [-0.1, -0.05) is 76.8 Å². The summed E-state index contributed by atoms with van der Waals surface area (Å²) in [6.45, 7) is 19.9. The molecule has 0 heterocycles. The normalized spacial score (nSPS) is 14.1. The summed E-state index contributed by atoms with van der Waals surface area (Å²) in [7, 11) is 0. The zero-order valence-electron chi connectivity index (χ0n) is 23.4. The van der Waals surface area contributed by atoms with E-state index in [0.29, 0.717) is 0 Å². The van der Waals surface area contributed by atoms with E-state index in [9.17, 15) is 0 Å². The van der Waals surface area contributed by atoms with Gasteiger partial charge in [0.15, 0.2) is 0 Å². The second-order valence-corrected chi connectivity index (χ2v) is 10.0. The predicted molar refractivity (Wildman–Crippen MR) is 153 cm³/mol. The summed E-state index contributed by atoms with van der Waals surface area (Å²) in [5.41, 5.74) is 8.99. The molecule has 1 heteroatoms. The third kappa shape index (κ3) is 22.0. The molecule has 0 bridgehead atoms. The van der Waals surface area contributed by atoms with E-state index in [1.807, 2.05) is 0 Å². The second kappa shape index (κ2) is 21.0. The van der Waals surface area contributed by atoms with E-state index in [4.69, 9.17) is 0 Å². The van der Waals surface area contributed by atoms with Crippen LogP contribution in [0.5, 0.6) is 0 Å². The Morgan fingerprint density at radius 2 is 0.788 bits per heavy atom. The van der Waals surface area contributed by atoms with Crippen molar-refractivity contribution in [1.29, 1.82) is 0 Å². The smallest absolute Gasteiger partial charge is 0.0161 e. The number of nitrogens with one attached hydrogen (secondary N) is 1. The van der Waals surface area contributed by atoms with Gasteiger partial charge in [-0.05, 0) is 119 Å². The standard InChI is InChI=1S/C32H55N/c1-9-33-26-32(8)25-15-24-31(7)23-14-21-29(5)18-11-10-17-28(4)20-13-22-30(6)19-12-16-27(2)3/h16-18,22-23,25,33H,9-15,19-21,24,26H2,1-8H3. The van der Waals surface area contributed by atoms with Gasteiger partial charge in [0.1, 0.15) is 0 Å². The Morgan fingerprint density at radius 3 is 1.15 bits per heavy atom. The molecule has 1 N–H and O–H groups in total. The van der Waals surface area contributed by atoms with Gasteiger partial charge in [-0.25, -0.2) is 0 Å². The van der Waals surface area contributed by atoms with Crippen molar-refractivity contribution in [3.8, 4) is 0 Å². The number of hydrogen-bond donors (Lipinski definition) is 1. The third-order valence-electron chi connectivity index (χ3n) is 5.99. The average Bonchev–Trinajstić information content (AvgIpc) is 2.75. The molecule has 0 fully saturated rings. The van der Waals surface area contributed by atoms with Crippen LogP contribution in [0.2, 0.25) is 0 Å². The quantitative estimate of drug-likeness (QED) is 0.161. The number of likely N-dealkylation sites (N-methyl/N-ethyl adjacent to an activating group) is 1. The summed E-state index contributed by atoms with van der Waals surface area (Å²) in [5.74, 6) is 0. The Labute approximate surface area is 207 Å². The molecule has 0 aromatic rings. The molecule has 33 heavy (non-hydrogen) atoms. The molecule has 0 unspecified atom stereocenters. The maximum absolute atomic E-state index is 3.38. The third-order valence-corrected chi connectivity index (χ3v) is 5.99. The van der Waals surface area contributed by atoms with Gasteiger partial charge in [0.25, 0.3) is 0 Å².